The number of fused-ring (bicyclic) bond motifs is 1. The molecule has 0 amide bonds. The van der Waals surface area contributed by atoms with Crippen LogP contribution in [0.15, 0.2) is 36.4 Å². The van der Waals surface area contributed by atoms with Crippen LogP contribution in [0, 0.1) is 0 Å². The van der Waals surface area contributed by atoms with Gasteiger partial charge in [0.2, 0.25) is 0 Å². The van der Waals surface area contributed by atoms with Crippen LogP contribution in [0.4, 0.5) is 0 Å². The average Bonchev–Trinajstić information content (AvgIpc) is 3.06. The highest BCUT2D eigenvalue weighted by atomic mass is 16.3. The van der Waals surface area contributed by atoms with Crippen molar-refractivity contribution in [2.75, 3.05) is 0 Å². The van der Waals surface area contributed by atoms with Crippen LogP contribution in [0.25, 0.3) is 16.7 Å². The molecule has 0 unspecified atom stereocenters. The van der Waals surface area contributed by atoms with Crippen molar-refractivity contribution in [3.8, 4) is 11.4 Å². The minimum Gasteiger partial charge on any atom is -0.506 e. The molecule has 0 bridgehead atoms. The van der Waals surface area contributed by atoms with Gasteiger partial charge in [0.15, 0.2) is 0 Å². The Morgan fingerprint density at radius 3 is 2.23 bits per heavy atom. The monoisotopic (exact) mass is 351 g/mol. The number of aromatic nitrogens is 3. The summed E-state index contributed by atoms with van der Waals surface area (Å²) in [5, 5.41) is 19.5. The van der Waals surface area contributed by atoms with Crippen molar-refractivity contribution in [1.82, 2.24) is 15.0 Å². The topological polar surface area (TPSA) is 50.9 Å². The molecule has 4 heteroatoms. The molecule has 4 nitrogen and oxygen atoms in total. The molecule has 0 saturated heterocycles. The summed E-state index contributed by atoms with van der Waals surface area (Å²) in [5.41, 5.74) is 4.82. The number of benzene rings is 2. The Balaban J connectivity index is 1.77. The fraction of sp³-hybridized carbons (Fsp3) is 0.455. The van der Waals surface area contributed by atoms with Crippen LogP contribution in [0.5, 0.6) is 5.75 Å². The van der Waals surface area contributed by atoms with Gasteiger partial charge in [-0.15, -0.1) is 15.0 Å². The predicted molar refractivity (Wildman–Crippen MR) is 107 cm³/mol. The van der Waals surface area contributed by atoms with E-state index in [0.29, 0.717) is 5.69 Å². The van der Waals surface area contributed by atoms with Crippen molar-refractivity contribution < 1.29 is 5.11 Å². The van der Waals surface area contributed by atoms with Gasteiger partial charge in [-0.05, 0) is 61.1 Å². The first-order chi connectivity index (χ1) is 12.7. The summed E-state index contributed by atoms with van der Waals surface area (Å²) in [7, 11) is 0. The van der Waals surface area contributed by atoms with Crippen LogP contribution in [0.2, 0.25) is 0 Å². The molecule has 1 N–H and O–H groups in total. The van der Waals surface area contributed by atoms with Gasteiger partial charge in [0.05, 0.1) is 0 Å². The van der Waals surface area contributed by atoms with Crippen molar-refractivity contribution in [2.24, 2.45) is 0 Å². The van der Waals surface area contributed by atoms with E-state index >= 15 is 0 Å². The number of phenols is 1. The van der Waals surface area contributed by atoms with E-state index in [0.717, 1.165) is 30.3 Å². The number of aryl methyl sites for hydroxylation is 2. The summed E-state index contributed by atoms with van der Waals surface area (Å²) in [4.78, 5) is 1.55. The SMILES string of the molecule is CCCCCCc1ccc(-n2nc3ccc(CCCC)cc3n2)c(O)c1. The molecule has 26 heavy (non-hydrogen) atoms. The lowest BCUT2D eigenvalue weighted by atomic mass is 10.1. The van der Waals surface area contributed by atoms with E-state index in [1.54, 1.807) is 4.80 Å². The maximum atomic E-state index is 10.4. The average molecular weight is 351 g/mol. The minimum absolute atomic E-state index is 0.240. The maximum absolute atomic E-state index is 10.4. The van der Waals surface area contributed by atoms with Gasteiger partial charge in [0.1, 0.15) is 22.5 Å². The molecule has 0 saturated carbocycles. The first kappa shape index (κ1) is 18.4. The van der Waals surface area contributed by atoms with Gasteiger partial charge < -0.3 is 5.11 Å². The smallest absolute Gasteiger partial charge is 0.143 e. The highest BCUT2D eigenvalue weighted by Gasteiger charge is 2.10. The van der Waals surface area contributed by atoms with Gasteiger partial charge in [-0.3, -0.25) is 0 Å². The van der Waals surface area contributed by atoms with Crippen LogP contribution in [0.3, 0.4) is 0 Å². The van der Waals surface area contributed by atoms with Crippen molar-refractivity contribution >= 4 is 11.0 Å². The third-order valence-corrected chi connectivity index (χ3v) is 4.84. The van der Waals surface area contributed by atoms with Gasteiger partial charge in [0.25, 0.3) is 0 Å². The van der Waals surface area contributed by atoms with Crippen LogP contribution in [0.1, 0.15) is 63.5 Å². The van der Waals surface area contributed by atoms with E-state index < -0.39 is 0 Å². The second kappa shape index (κ2) is 8.84. The number of nitrogens with zero attached hydrogens (tertiary/aromatic N) is 3. The summed E-state index contributed by atoms with van der Waals surface area (Å²) in [6.07, 6.45) is 9.35. The van der Waals surface area contributed by atoms with E-state index in [4.69, 9.17) is 0 Å². The Hall–Kier alpha value is -2.36. The fourth-order valence-electron chi connectivity index (χ4n) is 3.25. The van der Waals surface area contributed by atoms with Crippen LogP contribution < -0.4 is 0 Å². The summed E-state index contributed by atoms with van der Waals surface area (Å²) in [5.74, 6) is 0.240. The van der Waals surface area contributed by atoms with E-state index in [1.807, 2.05) is 18.2 Å². The molecule has 0 aliphatic rings. The summed E-state index contributed by atoms with van der Waals surface area (Å²) in [6.45, 7) is 4.42. The zero-order valence-corrected chi connectivity index (χ0v) is 15.9. The molecule has 0 fully saturated rings. The normalized spacial score (nSPS) is 11.3. The largest absolute Gasteiger partial charge is 0.506 e. The number of hydrogen-bond acceptors (Lipinski definition) is 3. The van der Waals surface area contributed by atoms with Crippen molar-refractivity contribution in [1.29, 1.82) is 0 Å². The second-order valence-corrected chi connectivity index (χ2v) is 7.05. The lowest BCUT2D eigenvalue weighted by Gasteiger charge is -2.06. The van der Waals surface area contributed by atoms with Gasteiger partial charge >= 0.3 is 0 Å². The first-order valence-electron chi connectivity index (χ1n) is 9.89. The molecular weight excluding hydrogens is 322 g/mol. The lowest BCUT2D eigenvalue weighted by molar-refractivity contribution is 0.466. The maximum Gasteiger partial charge on any atom is 0.143 e. The zero-order valence-electron chi connectivity index (χ0n) is 15.9. The highest BCUT2D eigenvalue weighted by Crippen LogP contribution is 2.24. The Morgan fingerprint density at radius 2 is 1.46 bits per heavy atom. The van der Waals surface area contributed by atoms with Crippen molar-refractivity contribution in [2.45, 2.75) is 65.2 Å². The second-order valence-electron chi connectivity index (χ2n) is 7.05. The van der Waals surface area contributed by atoms with E-state index in [9.17, 15) is 5.11 Å². The predicted octanol–water partition coefficient (Wildman–Crippen LogP) is 5.59. The quantitative estimate of drug-likeness (QED) is 0.511. The standard InChI is InChI=1S/C22H29N3O/c1-3-5-7-8-10-18-12-14-21(22(26)16-18)25-23-19-13-11-17(9-6-4-2)15-20(19)24-25/h11-16,26H,3-10H2,1-2H3. The Morgan fingerprint density at radius 1 is 0.769 bits per heavy atom. The molecule has 0 aliphatic carbocycles. The van der Waals surface area contributed by atoms with Crippen LogP contribution >= 0.6 is 0 Å². The zero-order chi connectivity index (χ0) is 18.4. The summed E-state index contributed by atoms with van der Waals surface area (Å²) >= 11 is 0. The third kappa shape index (κ3) is 4.43. The molecule has 138 valence electrons. The summed E-state index contributed by atoms with van der Waals surface area (Å²) in [6, 6.07) is 12.1. The highest BCUT2D eigenvalue weighted by molar-refractivity contribution is 5.74. The molecule has 1 aromatic heterocycles. The Bertz CT molecular complexity index is 854. The molecule has 2 aromatic carbocycles. The van der Waals surface area contributed by atoms with Crippen molar-refractivity contribution in [3.05, 3.63) is 47.5 Å². The number of hydrogen-bond donors (Lipinski definition) is 1. The van der Waals surface area contributed by atoms with Gasteiger partial charge in [-0.25, -0.2) is 0 Å². The van der Waals surface area contributed by atoms with E-state index in [2.05, 4.69) is 42.2 Å². The van der Waals surface area contributed by atoms with Crippen molar-refractivity contribution in [3.63, 3.8) is 0 Å². The molecular formula is C22H29N3O. The number of rotatable bonds is 9. The number of aromatic hydroxyl groups is 1. The number of unbranched alkanes of at least 4 members (excludes halogenated alkanes) is 4. The van der Waals surface area contributed by atoms with Gasteiger partial charge in [-0.2, -0.15) is 0 Å². The van der Waals surface area contributed by atoms with Gasteiger partial charge in [0, 0.05) is 0 Å². The molecule has 3 aromatic rings. The fourth-order valence-corrected chi connectivity index (χ4v) is 3.25. The molecule has 0 spiro atoms. The number of phenolic OH excluding ortho intramolecular Hbond substituents is 1. The molecule has 0 radical (unpaired) electrons. The van der Waals surface area contributed by atoms with E-state index in [1.165, 1.54) is 43.2 Å². The lowest BCUT2D eigenvalue weighted by Crippen LogP contribution is -1.99. The van der Waals surface area contributed by atoms with Crippen LogP contribution in [-0.4, -0.2) is 20.1 Å². The minimum atomic E-state index is 0.240. The molecule has 3 rings (SSSR count). The molecule has 1 heterocycles. The Kier molecular flexibility index (Phi) is 6.26. The first-order valence-corrected chi connectivity index (χ1v) is 9.89. The third-order valence-electron chi connectivity index (χ3n) is 4.84. The summed E-state index contributed by atoms with van der Waals surface area (Å²) < 4.78 is 0. The molecule has 0 aliphatic heterocycles. The molecule has 0 atom stereocenters. The Labute approximate surface area is 155 Å². The van der Waals surface area contributed by atoms with Gasteiger partial charge in [-0.1, -0.05) is 51.7 Å². The van der Waals surface area contributed by atoms with E-state index in [-0.39, 0.29) is 5.75 Å². The van der Waals surface area contributed by atoms with Crippen LogP contribution in [-0.2, 0) is 12.8 Å².